The van der Waals surface area contributed by atoms with Crippen LogP contribution in [0.5, 0.6) is 0 Å². The van der Waals surface area contributed by atoms with E-state index >= 15 is 0 Å². The van der Waals surface area contributed by atoms with Crippen molar-refractivity contribution in [3.8, 4) is 0 Å². The lowest BCUT2D eigenvalue weighted by Gasteiger charge is -2.11. The lowest BCUT2D eigenvalue weighted by Crippen LogP contribution is -2.07. The van der Waals surface area contributed by atoms with Crippen molar-refractivity contribution in [3.05, 3.63) is 56.2 Å². The number of anilines is 1. The Kier molecular flexibility index (Phi) is 4.86. The molecule has 1 aromatic heterocycles. The van der Waals surface area contributed by atoms with E-state index in [-0.39, 0.29) is 5.78 Å². The monoisotopic (exact) mass is 325 g/mol. The zero-order valence-corrected chi connectivity index (χ0v) is 13.4. The number of halogens is 2. The molecule has 5 heteroatoms. The second-order valence-electron chi connectivity index (χ2n) is 4.42. The molecule has 1 aromatic carbocycles. The number of hydrogen-bond donors (Lipinski definition) is 0. The fraction of sp³-hybridized carbons (Fsp3) is 0.133. The molecule has 0 unspecified atom stereocenters. The maximum Gasteiger partial charge on any atom is 0.188 e. The van der Waals surface area contributed by atoms with Crippen LogP contribution in [0.4, 0.5) is 5.69 Å². The first-order chi connectivity index (χ1) is 9.47. The minimum Gasteiger partial charge on any atom is -0.378 e. The number of rotatable bonds is 4. The van der Waals surface area contributed by atoms with Crippen molar-refractivity contribution in [1.82, 2.24) is 0 Å². The number of hydrogen-bond acceptors (Lipinski definition) is 3. The largest absolute Gasteiger partial charge is 0.378 e. The first kappa shape index (κ1) is 15.1. The van der Waals surface area contributed by atoms with Crippen LogP contribution < -0.4 is 4.90 Å². The van der Waals surface area contributed by atoms with Gasteiger partial charge in [0.2, 0.25) is 0 Å². The van der Waals surface area contributed by atoms with Gasteiger partial charge in [-0.2, -0.15) is 0 Å². The van der Waals surface area contributed by atoms with E-state index in [0.717, 1.165) is 11.3 Å². The van der Waals surface area contributed by atoms with Crippen molar-refractivity contribution in [2.24, 2.45) is 0 Å². The number of ketones is 1. The average Bonchev–Trinajstić information content (AvgIpc) is 2.75. The third kappa shape index (κ3) is 3.63. The number of carbonyl (C=O) groups excluding carboxylic acids is 1. The molecule has 0 amide bonds. The van der Waals surface area contributed by atoms with Gasteiger partial charge in [0.25, 0.3) is 0 Å². The van der Waals surface area contributed by atoms with Gasteiger partial charge in [0, 0.05) is 19.8 Å². The van der Waals surface area contributed by atoms with Crippen molar-refractivity contribution < 1.29 is 4.79 Å². The molecule has 1 heterocycles. The van der Waals surface area contributed by atoms with Crippen LogP contribution in [0.25, 0.3) is 6.08 Å². The Bertz CT molecular complexity index is 644. The molecule has 2 aromatic rings. The molecule has 0 saturated heterocycles. The topological polar surface area (TPSA) is 20.3 Å². The number of nitrogens with zero attached hydrogens (tertiary/aromatic N) is 1. The van der Waals surface area contributed by atoms with E-state index in [2.05, 4.69) is 0 Å². The second-order valence-corrected chi connectivity index (χ2v) is 6.71. The first-order valence-corrected chi connectivity index (χ1v) is 7.49. The third-order valence-electron chi connectivity index (χ3n) is 2.76. The minimum absolute atomic E-state index is 0.144. The summed E-state index contributed by atoms with van der Waals surface area (Å²) in [5, 5.41) is 0. The molecule has 0 saturated carbocycles. The third-order valence-corrected chi connectivity index (χ3v) is 4.25. The van der Waals surface area contributed by atoms with Crippen LogP contribution >= 0.6 is 34.5 Å². The lowest BCUT2D eigenvalue weighted by atomic mass is 10.1. The lowest BCUT2D eigenvalue weighted by molar-refractivity contribution is 0.104. The van der Waals surface area contributed by atoms with Crippen molar-refractivity contribution in [2.75, 3.05) is 19.0 Å². The Morgan fingerprint density at radius 2 is 1.85 bits per heavy atom. The first-order valence-electron chi connectivity index (χ1n) is 5.92. The molecule has 20 heavy (non-hydrogen) atoms. The van der Waals surface area contributed by atoms with Crippen molar-refractivity contribution >= 4 is 52.1 Å². The maximum absolute atomic E-state index is 12.0. The zero-order chi connectivity index (χ0) is 14.7. The Morgan fingerprint density at radius 1 is 1.20 bits per heavy atom. The second kappa shape index (κ2) is 6.44. The summed E-state index contributed by atoms with van der Waals surface area (Å²) >= 11 is 13.0. The zero-order valence-electron chi connectivity index (χ0n) is 11.1. The van der Waals surface area contributed by atoms with E-state index in [1.807, 2.05) is 43.3 Å². The molecule has 2 nitrogen and oxygen atoms in total. The molecule has 0 aliphatic rings. The van der Waals surface area contributed by atoms with Crippen molar-refractivity contribution in [2.45, 2.75) is 0 Å². The van der Waals surface area contributed by atoms with Crippen LogP contribution in [0.3, 0.4) is 0 Å². The highest BCUT2D eigenvalue weighted by Crippen LogP contribution is 2.31. The Morgan fingerprint density at radius 3 is 2.35 bits per heavy atom. The van der Waals surface area contributed by atoms with Crippen LogP contribution in [0.1, 0.15) is 15.9 Å². The number of allylic oxidation sites excluding steroid dienone is 1. The van der Waals surface area contributed by atoms with Gasteiger partial charge in [0.05, 0.1) is 9.90 Å². The van der Waals surface area contributed by atoms with E-state index in [1.165, 1.54) is 17.4 Å². The van der Waals surface area contributed by atoms with Crippen LogP contribution in [-0.4, -0.2) is 19.9 Å². The van der Waals surface area contributed by atoms with Gasteiger partial charge >= 0.3 is 0 Å². The quantitative estimate of drug-likeness (QED) is 0.581. The van der Waals surface area contributed by atoms with E-state index in [4.69, 9.17) is 23.2 Å². The van der Waals surface area contributed by atoms with Crippen LogP contribution in [-0.2, 0) is 0 Å². The molecule has 0 atom stereocenters. The summed E-state index contributed by atoms with van der Waals surface area (Å²) in [5.74, 6) is -0.144. The number of benzene rings is 1. The molecule has 2 rings (SSSR count). The van der Waals surface area contributed by atoms with E-state index < -0.39 is 0 Å². The van der Waals surface area contributed by atoms with Gasteiger partial charge in [-0.05, 0) is 29.8 Å². The molecular weight excluding hydrogens is 313 g/mol. The number of thiophene rings is 1. The van der Waals surface area contributed by atoms with E-state index in [9.17, 15) is 4.79 Å². The van der Waals surface area contributed by atoms with Gasteiger partial charge < -0.3 is 4.90 Å². The van der Waals surface area contributed by atoms with Gasteiger partial charge in [-0.1, -0.05) is 41.4 Å². The summed E-state index contributed by atoms with van der Waals surface area (Å²) in [6.45, 7) is 0. The molecular formula is C15H13Cl2NOS. The summed E-state index contributed by atoms with van der Waals surface area (Å²) in [5.41, 5.74) is 2.52. The predicted octanol–water partition coefficient (Wildman–Crippen LogP) is 5.02. The minimum atomic E-state index is -0.144. The standard InChI is InChI=1S/C15H13Cl2NOS/c1-18(2)11-6-3-10(4-7-11)5-8-13(19)12-9-14(16)20-15(12)17/h3-9H,1-2H3/b8-5+. The highest BCUT2D eigenvalue weighted by atomic mass is 35.5. The maximum atomic E-state index is 12.0. The summed E-state index contributed by atoms with van der Waals surface area (Å²) in [6.07, 6.45) is 3.28. The smallest absolute Gasteiger partial charge is 0.188 e. The van der Waals surface area contributed by atoms with Crippen molar-refractivity contribution in [1.29, 1.82) is 0 Å². The van der Waals surface area contributed by atoms with Gasteiger partial charge in [-0.3, -0.25) is 4.79 Å². The summed E-state index contributed by atoms with van der Waals surface area (Å²) in [6, 6.07) is 9.51. The summed E-state index contributed by atoms with van der Waals surface area (Å²) in [7, 11) is 3.97. The van der Waals surface area contributed by atoms with Crippen LogP contribution in [0.15, 0.2) is 36.4 Å². The Hall–Kier alpha value is -1.29. The van der Waals surface area contributed by atoms with Crippen LogP contribution in [0.2, 0.25) is 8.67 Å². The Balaban J connectivity index is 2.13. The number of carbonyl (C=O) groups is 1. The van der Waals surface area contributed by atoms with Gasteiger partial charge in [-0.15, -0.1) is 11.3 Å². The van der Waals surface area contributed by atoms with Gasteiger partial charge in [-0.25, -0.2) is 0 Å². The van der Waals surface area contributed by atoms with Gasteiger partial charge in [0.1, 0.15) is 4.34 Å². The normalized spacial score (nSPS) is 11.0. The molecule has 0 aliphatic carbocycles. The molecule has 0 spiro atoms. The molecule has 0 bridgehead atoms. The highest BCUT2D eigenvalue weighted by Gasteiger charge is 2.11. The average molecular weight is 326 g/mol. The van der Waals surface area contributed by atoms with E-state index in [0.29, 0.717) is 14.2 Å². The molecule has 0 radical (unpaired) electrons. The van der Waals surface area contributed by atoms with Crippen LogP contribution in [0, 0.1) is 0 Å². The summed E-state index contributed by atoms with van der Waals surface area (Å²) < 4.78 is 0.940. The molecule has 0 N–H and O–H groups in total. The van der Waals surface area contributed by atoms with E-state index in [1.54, 1.807) is 12.1 Å². The fourth-order valence-electron chi connectivity index (χ4n) is 1.65. The SMILES string of the molecule is CN(C)c1ccc(/C=C/C(=O)c2cc(Cl)sc2Cl)cc1. The highest BCUT2D eigenvalue weighted by molar-refractivity contribution is 7.20. The molecule has 0 aliphatic heterocycles. The summed E-state index contributed by atoms with van der Waals surface area (Å²) in [4.78, 5) is 14.0. The molecule has 0 fully saturated rings. The molecule has 104 valence electrons. The predicted molar refractivity (Wildman–Crippen MR) is 88.5 cm³/mol. The van der Waals surface area contributed by atoms with Crippen molar-refractivity contribution in [3.63, 3.8) is 0 Å². The Labute approximate surface area is 132 Å². The fourth-order valence-corrected chi connectivity index (χ4v) is 3.13. The van der Waals surface area contributed by atoms with Gasteiger partial charge in [0.15, 0.2) is 5.78 Å².